The van der Waals surface area contributed by atoms with Gasteiger partial charge in [0.05, 0.1) is 7.11 Å². The molecular weight excluding hydrogens is 569 g/mol. The molecule has 5 rings (SSSR count). The number of carboxylic acid groups (broad SMARTS) is 1. The van der Waals surface area contributed by atoms with Crippen LogP contribution in [-0.2, 0) is 21.9 Å². The summed E-state index contributed by atoms with van der Waals surface area (Å²) in [6, 6.07) is 28.7. The van der Waals surface area contributed by atoms with E-state index in [2.05, 4.69) is 26.7 Å². The van der Waals surface area contributed by atoms with E-state index in [1.807, 2.05) is 78.9 Å². The Labute approximate surface area is 251 Å². The number of ether oxygens (including phenoxy) is 3. The maximum absolute atomic E-state index is 12.6. The predicted octanol–water partition coefficient (Wildman–Crippen LogP) is 6.00. The van der Waals surface area contributed by atoms with Gasteiger partial charge in [0, 0.05) is 29.1 Å². The van der Waals surface area contributed by atoms with E-state index < -0.39 is 18.1 Å². The fourth-order valence-corrected chi connectivity index (χ4v) is 6.19. The summed E-state index contributed by atoms with van der Waals surface area (Å²) in [5, 5.41) is 13.4. The summed E-state index contributed by atoms with van der Waals surface area (Å²) >= 11 is 1.38. The molecular formula is C33H32NO6PS. The number of carbonyl (C=O) groups excluding carboxylic acids is 1. The Morgan fingerprint density at radius 1 is 0.952 bits per heavy atom. The van der Waals surface area contributed by atoms with Gasteiger partial charge in [-0.15, -0.1) is 9.24 Å². The number of benzene rings is 4. The molecule has 2 unspecified atom stereocenters. The molecule has 0 bridgehead atoms. The highest BCUT2D eigenvalue weighted by atomic mass is 32.2. The second-order valence-electron chi connectivity index (χ2n) is 9.88. The largest absolute Gasteiger partial charge is 0.496 e. The lowest BCUT2D eigenvalue weighted by atomic mass is 9.98. The van der Waals surface area contributed by atoms with Crippen LogP contribution in [0.2, 0.25) is 0 Å². The number of rotatable bonds is 12. The van der Waals surface area contributed by atoms with E-state index in [1.54, 1.807) is 7.11 Å². The highest BCUT2D eigenvalue weighted by Crippen LogP contribution is 2.44. The van der Waals surface area contributed by atoms with Gasteiger partial charge in [-0.3, -0.25) is 0 Å². The van der Waals surface area contributed by atoms with Crippen LogP contribution in [0.15, 0.2) is 91.0 Å². The van der Waals surface area contributed by atoms with Crippen LogP contribution in [0, 0.1) is 0 Å². The van der Waals surface area contributed by atoms with Crippen LogP contribution in [-0.4, -0.2) is 42.7 Å². The second kappa shape index (κ2) is 13.8. The van der Waals surface area contributed by atoms with Crippen molar-refractivity contribution in [3.63, 3.8) is 0 Å². The monoisotopic (exact) mass is 601 g/mol. The number of amides is 1. The van der Waals surface area contributed by atoms with Crippen molar-refractivity contribution in [2.24, 2.45) is 0 Å². The van der Waals surface area contributed by atoms with Crippen molar-refractivity contribution in [2.45, 2.75) is 24.3 Å². The van der Waals surface area contributed by atoms with E-state index in [4.69, 9.17) is 14.2 Å². The Morgan fingerprint density at radius 2 is 1.62 bits per heavy atom. The Bertz CT molecular complexity index is 1520. The van der Waals surface area contributed by atoms with E-state index in [0.29, 0.717) is 23.9 Å². The average molecular weight is 602 g/mol. The predicted molar refractivity (Wildman–Crippen MR) is 169 cm³/mol. The molecule has 0 spiro atoms. The Balaban J connectivity index is 1.13. The number of alkyl carbamates (subject to hydrolysis) is 1. The van der Waals surface area contributed by atoms with Crippen molar-refractivity contribution >= 4 is 38.4 Å². The summed E-state index contributed by atoms with van der Waals surface area (Å²) in [4.78, 5) is 24.6. The van der Waals surface area contributed by atoms with Gasteiger partial charge in [-0.2, -0.15) is 11.8 Å². The van der Waals surface area contributed by atoms with E-state index in [-0.39, 0.29) is 18.3 Å². The molecule has 1 amide bonds. The number of carbonyl (C=O) groups is 2. The summed E-state index contributed by atoms with van der Waals surface area (Å²) in [5.74, 6) is 0.757. The minimum Gasteiger partial charge on any atom is -0.496 e. The lowest BCUT2D eigenvalue weighted by Crippen LogP contribution is -2.43. The second-order valence-corrected chi connectivity index (χ2v) is 11.6. The van der Waals surface area contributed by atoms with Crippen LogP contribution < -0.4 is 20.1 Å². The topological polar surface area (TPSA) is 94.1 Å². The van der Waals surface area contributed by atoms with Crippen LogP contribution >= 0.6 is 21.0 Å². The first-order chi connectivity index (χ1) is 20.4. The summed E-state index contributed by atoms with van der Waals surface area (Å²) in [7, 11) is 4.25. The standard InChI is InChI=1S/C33H32NO6PS/c1-38-31-16-23(39-17-21-10-14-24(41)15-11-21)13-12-22(31)19-42-20-30(32(35)36)34-33(37)40-18-29-27-8-4-2-6-25(27)26-7-3-5-9-28(26)29/h2-16,29-30H,17-20,41H2,1H3,(H,34,37)(H,35,36). The van der Waals surface area contributed by atoms with Gasteiger partial charge in [0.15, 0.2) is 0 Å². The van der Waals surface area contributed by atoms with E-state index in [1.165, 1.54) is 11.8 Å². The molecule has 4 aromatic rings. The Kier molecular flexibility index (Phi) is 9.67. The number of hydrogen-bond acceptors (Lipinski definition) is 6. The van der Waals surface area contributed by atoms with Crippen molar-refractivity contribution in [3.8, 4) is 22.6 Å². The SMILES string of the molecule is COc1cc(OCc2ccc(P)cc2)ccc1CSCC(NC(=O)OCC1c2ccccc2-c2ccccc21)C(=O)O. The van der Waals surface area contributed by atoms with Crippen molar-refractivity contribution in [1.29, 1.82) is 0 Å². The van der Waals surface area contributed by atoms with Crippen LogP contribution in [0.3, 0.4) is 0 Å². The van der Waals surface area contributed by atoms with Gasteiger partial charge < -0.3 is 24.6 Å². The maximum atomic E-state index is 12.6. The molecule has 42 heavy (non-hydrogen) atoms. The van der Waals surface area contributed by atoms with Crippen LogP contribution in [0.5, 0.6) is 11.5 Å². The molecule has 9 heteroatoms. The number of aliphatic carboxylic acids is 1. The number of nitrogens with one attached hydrogen (secondary N) is 1. The first-order valence-electron chi connectivity index (χ1n) is 13.5. The lowest BCUT2D eigenvalue weighted by molar-refractivity contribution is -0.138. The van der Waals surface area contributed by atoms with Gasteiger partial charge in [-0.1, -0.05) is 78.9 Å². The van der Waals surface area contributed by atoms with Gasteiger partial charge in [0.1, 0.15) is 30.8 Å². The number of hydrogen-bond donors (Lipinski definition) is 2. The Morgan fingerprint density at radius 3 is 2.26 bits per heavy atom. The molecule has 0 aromatic heterocycles. The third-order valence-corrected chi connectivity index (χ3v) is 8.59. The lowest BCUT2D eigenvalue weighted by Gasteiger charge is -2.17. The molecule has 0 fully saturated rings. The van der Waals surface area contributed by atoms with E-state index >= 15 is 0 Å². The van der Waals surface area contributed by atoms with E-state index in [0.717, 1.165) is 38.7 Å². The summed E-state index contributed by atoms with van der Waals surface area (Å²) in [6.45, 7) is 0.554. The minimum atomic E-state index is -1.12. The third kappa shape index (κ3) is 7.07. The van der Waals surface area contributed by atoms with Gasteiger partial charge in [0.25, 0.3) is 0 Å². The van der Waals surface area contributed by atoms with E-state index in [9.17, 15) is 14.7 Å². The highest BCUT2D eigenvalue weighted by Gasteiger charge is 2.29. The quantitative estimate of drug-likeness (QED) is 0.193. The molecule has 1 aliphatic carbocycles. The van der Waals surface area contributed by atoms with Crippen molar-refractivity contribution in [3.05, 3.63) is 113 Å². The molecule has 7 nitrogen and oxygen atoms in total. The molecule has 1 aliphatic rings. The van der Waals surface area contributed by atoms with Gasteiger partial charge in [0.2, 0.25) is 0 Å². The summed E-state index contributed by atoms with van der Waals surface area (Å²) in [5.41, 5.74) is 6.40. The molecule has 2 atom stereocenters. The molecule has 216 valence electrons. The van der Waals surface area contributed by atoms with Crippen molar-refractivity contribution in [2.75, 3.05) is 19.5 Å². The highest BCUT2D eigenvalue weighted by molar-refractivity contribution is 7.98. The third-order valence-electron chi connectivity index (χ3n) is 7.12. The number of methoxy groups -OCH3 is 1. The number of fused-ring (bicyclic) bond motifs is 3. The normalized spacial score (nSPS) is 12.6. The van der Waals surface area contributed by atoms with Crippen LogP contribution in [0.1, 0.15) is 28.2 Å². The molecule has 2 N–H and O–H groups in total. The first-order valence-corrected chi connectivity index (χ1v) is 15.2. The minimum absolute atomic E-state index is 0.101. The van der Waals surface area contributed by atoms with Crippen LogP contribution in [0.4, 0.5) is 4.79 Å². The van der Waals surface area contributed by atoms with Crippen molar-refractivity contribution in [1.82, 2.24) is 5.32 Å². The van der Waals surface area contributed by atoms with Crippen LogP contribution in [0.25, 0.3) is 11.1 Å². The summed E-state index contributed by atoms with van der Waals surface area (Å²) in [6.07, 6.45) is -0.753. The molecule has 0 saturated heterocycles. The fraction of sp³-hybridized carbons (Fsp3) is 0.212. The molecule has 4 aromatic carbocycles. The molecule has 0 aliphatic heterocycles. The Hall–Kier alpha value is -4.00. The van der Waals surface area contributed by atoms with Crippen molar-refractivity contribution < 1.29 is 28.9 Å². The average Bonchev–Trinajstić information content (AvgIpc) is 3.33. The molecule has 0 heterocycles. The van der Waals surface area contributed by atoms with Gasteiger partial charge in [-0.25, -0.2) is 9.59 Å². The van der Waals surface area contributed by atoms with Gasteiger partial charge in [-0.05, 0) is 39.2 Å². The maximum Gasteiger partial charge on any atom is 0.407 e. The zero-order valence-electron chi connectivity index (χ0n) is 23.1. The molecule has 0 radical (unpaired) electrons. The number of thioether (sulfide) groups is 1. The first kappa shape index (κ1) is 29.5. The zero-order valence-corrected chi connectivity index (χ0v) is 25.1. The smallest absolute Gasteiger partial charge is 0.407 e. The zero-order chi connectivity index (χ0) is 29.5. The summed E-state index contributed by atoms with van der Waals surface area (Å²) < 4.78 is 17.0. The molecule has 0 saturated carbocycles. The number of carboxylic acids is 1. The fourth-order valence-electron chi connectivity index (χ4n) is 4.96. The van der Waals surface area contributed by atoms with Gasteiger partial charge >= 0.3 is 12.1 Å².